The monoisotopic (exact) mass is 414 g/mol. The minimum absolute atomic E-state index is 0.00824. The molecule has 4 aliphatic rings. The lowest BCUT2D eigenvalue weighted by atomic mass is 9.46. The van der Waals surface area contributed by atoms with E-state index in [9.17, 15) is 14.4 Å². The summed E-state index contributed by atoms with van der Waals surface area (Å²) in [6.07, 6.45) is 10.1. The first-order valence-corrected chi connectivity index (χ1v) is 11.9. The van der Waals surface area contributed by atoms with Gasteiger partial charge in [0.05, 0.1) is 5.41 Å². The molecule has 0 bridgehead atoms. The second-order valence-electron chi connectivity index (χ2n) is 11.9. The Morgan fingerprint density at radius 2 is 1.77 bits per heavy atom. The molecule has 0 radical (unpaired) electrons. The number of hydrogen-bond acceptors (Lipinski definition) is 4. The van der Waals surface area contributed by atoms with Gasteiger partial charge in [0.1, 0.15) is 6.61 Å². The summed E-state index contributed by atoms with van der Waals surface area (Å²) in [5.74, 6) is 1.98. The van der Waals surface area contributed by atoms with E-state index < -0.39 is 5.41 Å². The summed E-state index contributed by atoms with van der Waals surface area (Å²) in [7, 11) is 0. The Bertz CT molecular complexity index is 787. The van der Waals surface area contributed by atoms with E-state index in [-0.39, 0.29) is 35.1 Å². The molecule has 4 nitrogen and oxygen atoms in total. The van der Waals surface area contributed by atoms with Gasteiger partial charge in [0.15, 0.2) is 11.6 Å². The number of ether oxygens (including phenoxy) is 1. The molecule has 0 saturated heterocycles. The van der Waals surface area contributed by atoms with Crippen LogP contribution in [0.25, 0.3) is 0 Å². The first-order chi connectivity index (χ1) is 14.0. The standard InChI is InChI=1S/C26H38O4/c1-24(2,3)23(29)30-15-22(28)21-9-8-19-18-7-6-16-14-17(27)10-12-25(16,4)20(18)11-13-26(19,21)5/h14,18-21H,6-13,15H2,1-5H3/t18-,19+,20-,21-,25-,26-/m0/s1. The Labute approximate surface area is 181 Å². The number of carbonyl (C=O) groups excluding carboxylic acids is 3. The summed E-state index contributed by atoms with van der Waals surface area (Å²) < 4.78 is 5.38. The van der Waals surface area contributed by atoms with Crippen LogP contribution in [-0.2, 0) is 19.1 Å². The van der Waals surface area contributed by atoms with Gasteiger partial charge in [-0.2, -0.15) is 0 Å². The topological polar surface area (TPSA) is 60.4 Å². The highest BCUT2D eigenvalue weighted by Crippen LogP contribution is 2.66. The predicted octanol–water partition coefficient (Wildman–Crippen LogP) is 5.29. The van der Waals surface area contributed by atoms with E-state index in [0.717, 1.165) is 44.9 Å². The Balaban J connectivity index is 1.49. The predicted molar refractivity (Wildman–Crippen MR) is 116 cm³/mol. The Morgan fingerprint density at radius 1 is 1.03 bits per heavy atom. The quantitative estimate of drug-likeness (QED) is 0.589. The van der Waals surface area contributed by atoms with Gasteiger partial charge in [-0.15, -0.1) is 0 Å². The van der Waals surface area contributed by atoms with Gasteiger partial charge in [-0.3, -0.25) is 14.4 Å². The molecule has 0 heterocycles. The molecule has 0 amide bonds. The van der Waals surface area contributed by atoms with Crippen molar-refractivity contribution in [1.82, 2.24) is 0 Å². The number of ketones is 2. The van der Waals surface area contributed by atoms with Crippen molar-refractivity contribution < 1.29 is 19.1 Å². The lowest BCUT2D eigenvalue weighted by molar-refractivity contribution is -0.158. The van der Waals surface area contributed by atoms with Crippen LogP contribution >= 0.6 is 0 Å². The summed E-state index contributed by atoms with van der Waals surface area (Å²) in [6.45, 7) is 10.1. The average Bonchev–Trinajstić information content (AvgIpc) is 3.03. The maximum atomic E-state index is 13.1. The van der Waals surface area contributed by atoms with Crippen LogP contribution in [0.15, 0.2) is 11.6 Å². The van der Waals surface area contributed by atoms with E-state index in [1.807, 2.05) is 26.8 Å². The van der Waals surface area contributed by atoms with Crippen molar-refractivity contribution >= 4 is 17.5 Å². The van der Waals surface area contributed by atoms with Crippen molar-refractivity contribution in [1.29, 1.82) is 0 Å². The van der Waals surface area contributed by atoms with Gasteiger partial charge in [0.25, 0.3) is 0 Å². The number of allylic oxidation sites excluding steroid dienone is 1. The second-order valence-corrected chi connectivity index (χ2v) is 11.9. The van der Waals surface area contributed by atoms with E-state index in [1.54, 1.807) is 0 Å². The van der Waals surface area contributed by atoms with Gasteiger partial charge in [-0.05, 0) is 100 Å². The molecule has 0 aromatic rings. The van der Waals surface area contributed by atoms with E-state index >= 15 is 0 Å². The summed E-state index contributed by atoms with van der Waals surface area (Å²) in [5, 5.41) is 0. The molecule has 30 heavy (non-hydrogen) atoms. The van der Waals surface area contributed by atoms with Crippen LogP contribution in [0.2, 0.25) is 0 Å². The molecule has 0 aliphatic heterocycles. The summed E-state index contributed by atoms with van der Waals surface area (Å²) >= 11 is 0. The molecule has 3 fully saturated rings. The van der Waals surface area contributed by atoms with Crippen LogP contribution in [0.4, 0.5) is 0 Å². The third kappa shape index (κ3) is 3.39. The molecule has 4 heteroatoms. The SMILES string of the molecule is CC(C)(C)C(=O)OCC(=O)[C@@H]1CC[C@@H]2[C@@H]3CCC4=CC(=O)CC[C@]4(C)[C@H]3CC[C@@]21C. The third-order valence-electron chi connectivity index (χ3n) is 9.31. The molecular weight excluding hydrogens is 376 g/mol. The van der Waals surface area contributed by atoms with Crippen LogP contribution in [0, 0.1) is 39.9 Å². The average molecular weight is 415 g/mol. The Hall–Kier alpha value is -1.45. The molecule has 4 rings (SSSR count). The molecule has 0 aromatic heterocycles. The van der Waals surface area contributed by atoms with Gasteiger partial charge < -0.3 is 4.74 Å². The molecule has 3 saturated carbocycles. The molecule has 0 unspecified atom stereocenters. The Morgan fingerprint density at radius 3 is 2.47 bits per heavy atom. The van der Waals surface area contributed by atoms with E-state index in [2.05, 4.69) is 13.8 Å². The maximum absolute atomic E-state index is 13.1. The minimum Gasteiger partial charge on any atom is -0.457 e. The molecular formula is C26H38O4. The van der Waals surface area contributed by atoms with Crippen molar-refractivity contribution in [2.45, 2.75) is 86.0 Å². The van der Waals surface area contributed by atoms with Crippen LogP contribution in [0.3, 0.4) is 0 Å². The number of carbonyl (C=O) groups is 3. The first kappa shape index (κ1) is 21.8. The second kappa shape index (κ2) is 7.31. The van der Waals surface area contributed by atoms with Crippen molar-refractivity contribution in [3.63, 3.8) is 0 Å². The number of hydrogen-bond donors (Lipinski definition) is 0. The lowest BCUT2D eigenvalue weighted by Crippen LogP contribution is -2.51. The third-order valence-corrected chi connectivity index (χ3v) is 9.31. The van der Waals surface area contributed by atoms with Crippen molar-refractivity contribution in [3.8, 4) is 0 Å². The summed E-state index contributed by atoms with van der Waals surface area (Å²) in [6, 6.07) is 0. The zero-order valence-electron chi connectivity index (χ0n) is 19.4. The zero-order chi connectivity index (χ0) is 21.9. The summed E-state index contributed by atoms with van der Waals surface area (Å²) in [4.78, 5) is 37.2. The zero-order valence-corrected chi connectivity index (χ0v) is 19.4. The van der Waals surface area contributed by atoms with Crippen LogP contribution in [0.1, 0.15) is 86.0 Å². The van der Waals surface area contributed by atoms with Gasteiger partial charge in [-0.1, -0.05) is 19.4 Å². The molecule has 0 aromatic carbocycles. The van der Waals surface area contributed by atoms with Gasteiger partial charge in [0, 0.05) is 12.3 Å². The van der Waals surface area contributed by atoms with Gasteiger partial charge in [0.2, 0.25) is 0 Å². The van der Waals surface area contributed by atoms with Crippen molar-refractivity contribution in [2.75, 3.05) is 6.61 Å². The number of Topliss-reactive ketones (excluding diaryl/α,β-unsaturated/α-hetero) is 1. The fraction of sp³-hybridized carbons (Fsp3) is 0.808. The van der Waals surface area contributed by atoms with Crippen LogP contribution < -0.4 is 0 Å². The normalized spacial score (nSPS) is 40.7. The molecule has 6 atom stereocenters. The van der Waals surface area contributed by atoms with E-state index in [4.69, 9.17) is 4.74 Å². The lowest BCUT2D eigenvalue weighted by Gasteiger charge is -2.58. The molecule has 166 valence electrons. The highest BCUT2D eigenvalue weighted by atomic mass is 16.5. The van der Waals surface area contributed by atoms with E-state index in [0.29, 0.717) is 30.0 Å². The van der Waals surface area contributed by atoms with Gasteiger partial charge in [-0.25, -0.2) is 0 Å². The highest BCUT2D eigenvalue weighted by molar-refractivity contribution is 5.91. The van der Waals surface area contributed by atoms with Crippen LogP contribution in [-0.4, -0.2) is 24.1 Å². The number of fused-ring (bicyclic) bond motifs is 5. The number of rotatable bonds is 3. The fourth-order valence-corrected chi connectivity index (χ4v) is 7.54. The van der Waals surface area contributed by atoms with Crippen molar-refractivity contribution in [2.24, 2.45) is 39.9 Å². The minimum atomic E-state index is -0.579. The smallest absolute Gasteiger partial charge is 0.311 e. The van der Waals surface area contributed by atoms with E-state index in [1.165, 1.54) is 5.57 Å². The molecule has 4 aliphatic carbocycles. The first-order valence-electron chi connectivity index (χ1n) is 11.9. The number of esters is 1. The van der Waals surface area contributed by atoms with Gasteiger partial charge >= 0.3 is 5.97 Å². The Kier molecular flexibility index (Phi) is 5.30. The largest absolute Gasteiger partial charge is 0.457 e. The summed E-state index contributed by atoms with van der Waals surface area (Å²) in [5.41, 5.74) is 1.00. The maximum Gasteiger partial charge on any atom is 0.311 e. The fourth-order valence-electron chi connectivity index (χ4n) is 7.54. The highest BCUT2D eigenvalue weighted by Gasteiger charge is 2.60. The van der Waals surface area contributed by atoms with Crippen LogP contribution in [0.5, 0.6) is 0 Å². The van der Waals surface area contributed by atoms with Crippen molar-refractivity contribution in [3.05, 3.63) is 11.6 Å². The molecule has 0 spiro atoms. The molecule has 0 N–H and O–H groups in total.